The second-order valence-corrected chi connectivity index (χ2v) is 16.3. The molecular formula is C36H54O14. The lowest BCUT2D eigenvalue weighted by atomic mass is 9.41. The summed E-state index contributed by atoms with van der Waals surface area (Å²) in [5.74, 6) is -0.756. The van der Waals surface area contributed by atoms with Crippen molar-refractivity contribution in [1.29, 1.82) is 0 Å². The third-order valence-corrected chi connectivity index (χ3v) is 14.2. The van der Waals surface area contributed by atoms with E-state index in [0.29, 0.717) is 44.9 Å². The van der Waals surface area contributed by atoms with Crippen molar-refractivity contribution in [3.8, 4) is 0 Å². The van der Waals surface area contributed by atoms with Crippen molar-refractivity contribution in [2.24, 2.45) is 28.6 Å². The number of fused-ring (bicyclic) bond motifs is 5. The van der Waals surface area contributed by atoms with Crippen molar-refractivity contribution >= 4 is 12.3 Å². The molecule has 282 valence electrons. The van der Waals surface area contributed by atoms with E-state index in [1.165, 1.54) is 7.11 Å². The summed E-state index contributed by atoms with van der Waals surface area (Å²) in [7, 11) is 1.39. The Hall–Kier alpha value is -1.56. The molecule has 0 amide bonds. The number of methoxy groups -OCH3 is 1. The number of aliphatic hydroxyl groups is 6. The molecule has 14 nitrogen and oxygen atoms in total. The van der Waals surface area contributed by atoms with Crippen LogP contribution in [0.5, 0.6) is 0 Å². The first-order valence-electron chi connectivity index (χ1n) is 18.3. The Morgan fingerprint density at radius 1 is 0.960 bits per heavy atom. The van der Waals surface area contributed by atoms with Gasteiger partial charge in [-0.25, -0.2) is 4.79 Å². The largest absolute Gasteiger partial charge is 0.458 e. The van der Waals surface area contributed by atoms with E-state index in [1.807, 2.05) is 0 Å². The fraction of sp³-hybridized carbons (Fsp3) is 0.889. The molecule has 4 aliphatic carbocycles. The maximum Gasteiger partial charge on any atom is 0.331 e. The van der Waals surface area contributed by atoms with Crippen LogP contribution >= 0.6 is 0 Å². The fourth-order valence-electron chi connectivity index (χ4n) is 11.5. The van der Waals surface area contributed by atoms with Gasteiger partial charge in [-0.15, -0.1) is 0 Å². The monoisotopic (exact) mass is 710 g/mol. The molecule has 0 radical (unpaired) electrons. The number of esters is 1. The molecule has 3 aliphatic heterocycles. The SMILES string of the molecule is CO[C@@H]1[C@@H](O)[C@H](O[C@H]2CC[C@]3(C=O)[C@H]4CC[C@]5(C)[C@@H](C6=CC(=O)OC6)CC[C@]5(O)[C@@H]4CC[C@]3(O)C2)O[C@H](CO)[C@@H]1O[C@H]1C[C@@H](O)[C@H](O)[C@@H](C)O1. The minimum absolute atomic E-state index is 0.0147. The van der Waals surface area contributed by atoms with Gasteiger partial charge in [0, 0.05) is 31.4 Å². The normalized spacial score (nSPS) is 53.5. The zero-order chi connectivity index (χ0) is 35.8. The molecule has 50 heavy (non-hydrogen) atoms. The van der Waals surface area contributed by atoms with Crippen molar-refractivity contribution < 1.29 is 68.6 Å². The van der Waals surface area contributed by atoms with Crippen LogP contribution in [-0.2, 0) is 38.0 Å². The summed E-state index contributed by atoms with van der Waals surface area (Å²) in [6, 6.07) is 0. The quantitative estimate of drug-likeness (QED) is 0.113. The van der Waals surface area contributed by atoms with Gasteiger partial charge >= 0.3 is 5.97 Å². The molecule has 0 unspecified atom stereocenters. The summed E-state index contributed by atoms with van der Waals surface area (Å²) in [6.07, 6.45) is -3.24. The second-order valence-electron chi connectivity index (χ2n) is 16.3. The van der Waals surface area contributed by atoms with E-state index in [2.05, 4.69) is 6.92 Å². The van der Waals surface area contributed by atoms with Crippen molar-refractivity contribution in [3.05, 3.63) is 11.6 Å². The standard InChI is InChI=1S/C36H54O14/c1-18-28(41)24(39)13-27(47-18)50-30-25(15-37)49-32(29(42)31(30)45-3)48-20-4-9-34(17-38)22-5-8-33(2)21(19-12-26(40)46-16-19)7-11-36(33,44)23(22)6-10-35(34,43)14-20/h12,17-18,20-25,27-32,37,39,41-44H,4-11,13-16H2,1-3H3/t18-,20+,21-,22+,23-,24-,25-,27+,28-,29-,30+,31-,32-,33-,34+,35+,36+/m1/s1. The Kier molecular flexibility index (Phi) is 9.84. The summed E-state index contributed by atoms with van der Waals surface area (Å²) < 4.78 is 34.9. The van der Waals surface area contributed by atoms with E-state index >= 15 is 0 Å². The predicted octanol–water partition coefficient (Wildman–Crippen LogP) is 0.258. The molecular weight excluding hydrogens is 656 g/mol. The van der Waals surface area contributed by atoms with Gasteiger partial charge in [-0.3, -0.25) is 0 Å². The molecule has 3 heterocycles. The lowest BCUT2D eigenvalue weighted by Crippen LogP contribution is -2.69. The summed E-state index contributed by atoms with van der Waals surface area (Å²) in [5, 5.41) is 66.8. The number of ether oxygens (including phenoxy) is 6. The third-order valence-electron chi connectivity index (χ3n) is 14.2. The molecule has 2 saturated heterocycles. The number of cyclic esters (lactones) is 1. The van der Waals surface area contributed by atoms with Crippen LogP contribution in [0.3, 0.4) is 0 Å². The lowest BCUT2D eigenvalue weighted by Gasteiger charge is -2.65. The van der Waals surface area contributed by atoms with Gasteiger partial charge < -0.3 is 63.9 Å². The van der Waals surface area contributed by atoms with Crippen LogP contribution in [-0.4, -0.2) is 136 Å². The number of hydrogen-bond donors (Lipinski definition) is 6. The second kappa shape index (κ2) is 13.4. The molecule has 7 aliphatic rings. The maximum absolute atomic E-state index is 13.2. The minimum atomic E-state index is -1.40. The van der Waals surface area contributed by atoms with Crippen LogP contribution < -0.4 is 0 Å². The van der Waals surface area contributed by atoms with Crippen LogP contribution in [0.25, 0.3) is 0 Å². The van der Waals surface area contributed by atoms with Crippen molar-refractivity contribution in [3.63, 3.8) is 0 Å². The number of carbonyl (C=O) groups excluding carboxylic acids is 2. The van der Waals surface area contributed by atoms with Gasteiger partial charge in [0.15, 0.2) is 12.6 Å². The van der Waals surface area contributed by atoms with Gasteiger partial charge in [0.1, 0.15) is 43.4 Å². The minimum Gasteiger partial charge on any atom is -0.458 e. The fourth-order valence-corrected chi connectivity index (χ4v) is 11.5. The van der Waals surface area contributed by atoms with Gasteiger partial charge in [0.25, 0.3) is 0 Å². The van der Waals surface area contributed by atoms with Crippen molar-refractivity contribution in [1.82, 2.24) is 0 Å². The summed E-state index contributed by atoms with van der Waals surface area (Å²) >= 11 is 0. The highest BCUT2D eigenvalue weighted by Gasteiger charge is 2.71. The van der Waals surface area contributed by atoms with Gasteiger partial charge in [0.2, 0.25) is 0 Å². The van der Waals surface area contributed by atoms with Crippen LogP contribution in [0, 0.1) is 28.6 Å². The highest BCUT2D eigenvalue weighted by Crippen LogP contribution is 2.70. The summed E-state index contributed by atoms with van der Waals surface area (Å²) in [5.41, 5.74) is -3.09. The van der Waals surface area contributed by atoms with Gasteiger partial charge in [0.05, 0.1) is 41.5 Å². The molecule has 6 fully saturated rings. The van der Waals surface area contributed by atoms with Crippen molar-refractivity contribution in [2.75, 3.05) is 20.3 Å². The highest BCUT2D eigenvalue weighted by molar-refractivity contribution is 5.85. The highest BCUT2D eigenvalue weighted by atomic mass is 16.7. The Morgan fingerprint density at radius 3 is 2.38 bits per heavy atom. The molecule has 0 bridgehead atoms. The number of rotatable bonds is 8. The number of carbonyl (C=O) groups is 2. The summed E-state index contributed by atoms with van der Waals surface area (Å²) in [4.78, 5) is 25.1. The number of aliphatic hydroxyl groups excluding tert-OH is 4. The zero-order valence-electron chi connectivity index (χ0n) is 29.1. The van der Waals surface area contributed by atoms with Crippen LogP contribution in [0.1, 0.15) is 78.1 Å². The maximum atomic E-state index is 13.2. The zero-order valence-corrected chi connectivity index (χ0v) is 29.1. The molecule has 0 aromatic carbocycles. The van der Waals surface area contributed by atoms with E-state index in [4.69, 9.17) is 28.4 Å². The third kappa shape index (κ3) is 5.55. The van der Waals surface area contributed by atoms with E-state index in [9.17, 15) is 40.2 Å². The van der Waals surface area contributed by atoms with E-state index in [-0.39, 0.29) is 43.2 Å². The Morgan fingerprint density at radius 2 is 1.72 bits per heavy atom. The van der Waals surface area contributed by atoms with Gasteiger partial charge in [-0.2, -0.15) is 0 Å². The molecule has 4 saturated carbocycles. The smallest absolute Gasteiger partial charge is 0.331 e. The van der Waals surface area contributed by atoms with E-state index < -0.39 is 90.1 Å². The average molecular weight is 711 g/mol. The Balaban J connectivity index is 1.04. The molecule has 0 spiro atoms. The topological polar surface area (TPSA) is 211 Å². The molecule has 17 atom stereocenters. The van der Waals surface area contributed by atoms with Crippen molar-refractivity contribution in [2.45, 2.75) is 151 Å². The first-order valence-corrected chi connectivity index (χ1v) is 18.3. The van der Waals surface area contributed by atoms with Crippen LogP contribution in [0.2, 0.25) is 0 Å². The molecule has 6 N–H and O–H groups in total. The molecule has 0 aromatic rings. The first-order chi connectivity index (χ1) is 23.7. The Labute approximate surface area is 292 Å². The molecule has 0 aromatic heterocycles. The summed E-state index contributed by atoms with van der Waals surface area (Å²) in [6.45, 7) is 3.47. The lowest BCUT2D eigenvalue weighted by molar-refractivity contribution is -0.353. The predicted molar refractivity (Wildman–Crippen MR) is 171 cm³/mol. The Bertz CT molecular complexity index is 1320. The van der Waals surface area contributed by atoms with Crippen LogP contribution in [0.4, 0.5) is 0 Å². The first kappa shape index (κ1) is 36.8. The van der Waals surface area contributed by atoms with Gasteiger partial charge in [-0.05, 0) is 81.6 Å². The van der Waals surface area contributed by atoms with E-state index in [0.717, 1.165) is 18.3 Å². The number of aldehydes is 1. The molecule has 14 heteroatoms. The van der Waals surface area contributed by atoms with Gasteiger partial charge in [-0.1, -0.05) is 6.92 Å². The molecule has 7 rings (SSSR count). The van der Waals surface area contributed by atoms with Crippen LogP contribution in [0.15, 0.2) is 11.6 Å². The van der Waals surface area contributed by atoms with E-state index in [1.54, 1.807) is 13.0 Å². The number of hydrogen-bond acceptors (Lipinski definition) is 14. The average Bonchev–Trinajstić information content (AvgIpc) is 3.63.